The van der Waals surface area contributed by atoms with Crippen molar-refractivity contribution in [3.63, 3.8) is 0 Å². The molecule has 5 nitrogen and oxygen atoms in total. The van der Waals surface area contributed by atoms with Crippen molar-refractivity contribution < 1.29 is 22.2 Å². The first-order chi connectivity index (χ1) is 9.88. The van der Waals surface area contributed by atoms with Gasteiger partial charge >= 0.3 is 10.2 Å². The molecule has 2 N–H and O–H groups in total. The van der Waals surface area contributed by atoms with Gasteiger partial charge in [-0.25, -0.2) is 0 Å². The monoisotopic (exact) mass is 309 g/mol. The fourth-order valence-electron chi connectivity index (χ4n) is 1.81. The van der Waals surface area contributed by atoms with Gasteiger partial charge in [-0.2, -0.15) is 8.42 Å². The van der Waals surface area contributed by atoms with Crippen LogP contribution in [0, 0.1) is 0 Å². The molecule has 0 bridgehead atoms. The van der Waals surface area contributed by atoms with Gasteiger partial charge in [-0.3, -0.25) is 4.79 Å². The maximum absolute atomic E-state index is 13.1. The second-order valence-corrected chi connectivity index (χ2v) is 5.60. The Morgan fingerprint density at radius 3 is 2.38 bits per heavy atom. The highest BCUT2D eigenvalue weighted by Crippen LogP contribution is 2.23. The molecule has 110 valence electrons. The predicted molar refractivity (Wildman–Crippen MR) is 75.2 cm³/mol. The minimum absolute atomic E-state index is 0.0425. The van der Waals surface area contributed by atoms with E-state index in [0.717, 1.165) is 6.07 Å². The lowest BCUT2D eigenvalue weighted by Gasteiger charge is -2.09. The largest absolute Gasteiger partial charge is 0.508 e. The number of halogens is 1. The number of hydrogen-bond donors (Lipinski definition) is 2. The third-order valence-corrected chi connectivity index (χ3v) is 3.65. The van der Waals surface area contributed by atoms with E-state index in [9.17, 15) is 22.2 Å². The Morgan fingerprint density at radius 1 is 1.10 bits per heavy atom. The second kappa shape index (κ2) is 5.92. The molecule has 0 radical (unpaired) electrons. The summed E-state index contributed by atoms with van der Waals surface area (Å²) in [7, 11) is -4.92. The fourth-order valence-corrected chi connectivity index (χ4v) is 2.43. The lowest BCUT2D eigenvalue weighted by Crippen LogP contribution is -2.16. The number of benzene rings is 2. The van der Waals surface area contributed by atoms with Crippen LogP contribution in [0.25, 0.3) is 0 Å². The fraction of sp³-hybridized carbons (Fsp3) is 0.0714. The van der Waals surface area contributed by atoms with Crippen LogP contribution in [0.3, 0.4) is 0 Å². The first-order valence-electron chi connectivity index (χ1n) is 5.98. The summed E-state index contributed by atoms with van der Waals surface area (Å²) in [5.74, 6) is -0.605. The molecule has 0 atom stereocenters. The van der Waals surface area contributed by atoms with E-state index in [-0.39, 0.29) is 17.9 Å². The minimum Gasteiger partial charge on any atom is -0.508 e. The Hall–Kier alpha value is -2.41. The number of phenolic OH excluding ortho intramolecular Hbond substituents is 1. The molecule has 0 aliphatic heterocycles. The summed E-state index contributed by atoms with van der Waals surface area (Å²) in [6, 6.07) is 11.4. The van der Waals surface area contributed by atoms with E-state index in [1.165, 1.54) is 24.3 Å². The Labute approximate surface area is 121 Å². The maximum atomic E-state index is 13.1. The zero-order valence-corrected chi connectivity index (χ0v) is 11.6. The summed E-state index contributed by atoms with van der Waals surface area (Å²) >= 11 is 0. The molecule has 0 heterocycles. The summed E-state index contributed by atoms with van der Waals surface area (Å²) in [6.45, 7) is 0. The smallest absolute Gasteiger partial charge is 0.334 e. The molecular weight excluding hydrogens is 297 g/mol. The number of nitrogens with one attached hydrogen (secondary N) is 1. The summed E-state index contributed by atoms with van der Waals surface area (Å²) in [6.07, 6.45) is -0.159. The van der Waals surface area contributed by atoms with E-state index < -0.39 is 21.0 Å². The first kappa shape index (κ1) is 15.0. The lowest BCUT2D eigenvalue weighted by molar-refractivity contribution is -0.115. The average Bonchev–Trinajstić information content (AvgIpc) is 2.41. The van der Waals surface area contributed by atoms with Crippen LogP contribution in [0.1, 0.15) is 5.56 Å². The summed E-state index contributed by atoms with van der Waals surface area (Å²) in [4.78, 5) is 11.3. The zero-order chi connectivity index (χ0) is 15.5. The van der Waals surface area contributed by atoms with Crippen LogP contribution in [-0.4, -0.2) is 19.4 Å². The van der Waals surface area contributed by atoms with Gasteiger partial charge in [0.25, 0.3) is 0 Å². The molecule has 1 amide bonds. The van der Waals surface area contributed by atoms with Crippen molar-refractivity contribution >= 4 is 21.8 Å². The third kappa shape index (κ3) is 3.79. The van der Waals surface area contributed by atoms with Gasteiger partial charge in [0, 0.05) is 5.56 Å². The van der Waals surface area contributed by atoms with Crippen molar-refractivity contribution in [1.29, 1.82) is 0 Å². The topological polar surface area (TPSA) is 83.5 Å². The zero-order valence-electron chi connectivity index (χ0n) is 10.8. The lowest BCUT2D eigenvalue weighted by atomic mass is 10.1. The molecule has 0 spiro atoms. The van der Waals surface area contributed by atoms with Crippen molar-refractivity contribution in [3.05, 3.63) is 54.1 Å². The molecule has 7 heteroatoms. The van der Waals surface area contributed by atoms with E-state index in [1.54, 1.807) is 18.2 Å². The van der Waals surface area contributed by atoms with Crippen LogP contribution in [0.2, 0.25) is 0 Å². The number of hydrogen-bond acceptors (Lipinski definition) is 4. The summed E-state index contributed by atoms with van der Waals surface area (Å²) < 4.78 is 35.1. The molecule has 0 saturated carbocycles. The second-order valence-electron chi connectivity index (χ2n) is 4.29. The van der Waals surface area contributed by atoms with Crippen LogP contribution in [0.15, 0.2) is 53.4 Å². The Balaban J connectivity index is 2.20. The molecule has 2 aromatic rings. The summed E-state index contributed by atoms with van der Waals surface area (Å²) in [5, 5.41) is 11.9. The summed E-state index contributed by atoms with van der Waals surface area (Å²) in [5.41, 5.74) is 0.246. The highest BCUT2D eigenvalue weighted by Gasteiger charge is 2.18. The van der Waals surface area contributed by atoms with Gasteiger partial charge < -0.3 is 10.4 Å². The average molecular weight is 309 g/mol. The van der Waals surface area contributed by atoms with E-state index in [2.05, 4.69) is 5.32 Å². The number of phenols is 1. The Bertz CT molecular complexity index is 774. The van der Waals surface area contributed by atoms with Crippen molar-refractivity contribution in [2.75, 3.05) is 5.32 Å². The quantitative estimate of drug-likeness (QED) is 0.848. The molecule has 2 aromatic carbocycles. The van der Waals surface area contributed by atoms with Crippen molar-refractivity contribution in [2.45, 2.75) is 11.3 Å². The SMILES string of the molecule is O=C(Cc1ccccc1O)Nc1ccccc1S(=O)(=O)F. The van der Waals surface area contributed by atoms with Crippen molar-refractivity contribution in [3.8, 4) is 5.75 Å². The minimum atomic E-state index is -4.92. The predicted octanol–water partition coefficient (Wildman–Crippen LogP) is 2.23. The van der Waals surface area contributed by atoms with E-state index in [1.807, 2.05) is 0 Å². The van der Waals surface area contributed by atoms with Crippen LogP contribution in [0.5, 0.6) is 5.75 Å². The molecule has 0 aliphatic carbocycles. The van der Waals surface area contributed by atoms with Crippen LogP contribution in [-0.2, 0) is 21.4 Å². The van der Waals surface area contributed by atoms with Crippen molar-refractivity contribution in [2.24, 2.45) is 0 Å². The van der Waals surface area contributed by atoms with Gasteiger partial charge in [0.15, 0.2) is 0 Å². The van der Waals surface area contributed by atoms with Gasteiger partial charge in [0.1, 0.15) is 10.6 Å². The molecule has 0 unspecified atom stereocenters. The molecule has 0 aliphatic rings. The van der Waals surface area contributed by atoms with Crippen LogP contribution in [0.4, 0.5) is 9.57 Å². The van der Waals surface area contributed by atoms with Gasteiger partial charge in [0.05, 0.1) is 12.1 Å². The van der Waals surface area contributed by atoms with Gasteiger partial charge in [-0.05, 0) is 18.2 Å². The van der Waals surface area contributed by atoms with E-state index in [0.29, 0.717) is 5.56 Å². The van der Waals surface area contributed by atoms with E-state index in [4.69, 9.17) is 0 Å². The number of anilines is 1. The highest BCUT2D eigenvalue weighted by molar-refractivity contribution is 7.86. The number of aromatic hydroxyl groups is 1. The van der Waals surface area contributed by atoms with Gasteiger partial charge in [-0.15, -0.1) is 3.89 Å². The molecule has 21 heavy (non-hydrogen) atoms. The molecular formula is C14H12FNO4S. The number of carbonyl (C=O) groups is 1. The number of amides is 1. The van der Waals surface area contributed by atoms with Gasteiger partial charge in [0.2, 0.25) is 5.91 Å². The van der Waals surface area contributed by atoms with Crippen molar-refractivity contribution in [1.82, 2.24) is 0 Å². The van der Waals surface area contributed by atoms with Crippen LogP contribution < -0.4 is 5.32 Å². The van der Waals surface area contributed by atoms with Gasteiger partial charge in [-0.1, -0.05) is 30.3 Å². The Morgan fingerprint density at radius 2 is 1.71 bits per heavy atom. The standard InChI is InChI=1S/C14H12FNO4S/c15-21(19,20)13-8-4-2-6-11(13)16-14(18)9-10-5-1-3-7-12(10)17/h1-8,17H,9H2,(H,16,18). The molecule has 2 rings (SSSR count). The molecule has 0 saturated heterocycles. The Kier molecular flexibility index (Phi) is 4.23. The molecule has 0 aromatic heterocycles. The number of carbonyl (C=O) groups excluding carboxylic acids is 1. The number of para-hydroxylation sites is 2. The highest BCUT2D eigenvalue weighted by atomic mass is 32.3. The molecule has 0 fully saturated rings. The first-order valence-corrected chi connectivity index (χ1v) is 7.36. The normalized spacial score (nSPS) is 11.1. The maximum Gasteiger partial charge on any atom is 0.334 e. The van der Waals surface area contributed by atoms with E-state index >= 15 is 0 Å². The van der Waals surface area contributed by atoms with Crippen LogP contribution >= 0.6 is 0 Å². The number of rotatable bonds is 4. The third-order valence-electron chi connectivity index (χ3n) is 2.77.